The van der Waals surface area contributed by atoms with Gasteiger partial charge in [0, 0.05) is 18.3 Å². The molecule has 0 aliphatic heterocycles. The van der Waals surface area contributed by atoms with Crippen molar-refractivity contribution in [2.24, 2.45) is 0 Å². The van der Waals surface area contributed by atoms with Gasteiger partial charge in [-0.2, -0.15) is 0 Å². The van der Waals surface area contributed by atoms with E-state index in [4.69, 9.17) is 0 Å². The van der Waals surface area contributed by atoms with Gasteiger partial charge in [-0.1, -0.05) is 13.8 Å². The van der Waals surface area contributed by atoms with E-state index in [-0.39, 0.29) is 0 Å². The molecule has 0 aliphatic rings. The van der Waals surface area contributed by atoms with Crippen LogP contribution in [0.25, 0.3) is 0 Å². The van der Waals surface area contributed by atoms with Gasteiger partial charge in [-0.05, 0) is 31.5 Å². The van der Waals surface area contributed by atoms with E-state index in [1.807, 2.05) is 12.3 Å². The third kappa shape index (κ3) is 3.15. The summed E-state index contributed by atoms with van der Waals surface area (Å²) >= 11 is 0. The Morgan fingerprint density at radius 3 is 2.54 bits per heavy atom. The van der Waals surface area contributed by atoms with Crippen LogP contribution >= 0.6 is 0 Å². The molecule has 1 heterocycles. The topological polar surface area (TPSA) is 24.9 Å². The minimum Gasteiger partial charge on any atom is -0.307 e. The maximum absolute atomic E-state index is 4.33. The SMILES string of the molecule is Cc1ccnc(C(C)NC(C)C)c1. The van der Waals surface area contributed by atoms with Crippen LogP contribution in [0.2, 0.25) is 0 Å². The fourth-order valence-corrected chi connectivity index (χ4v) is 1.38. The van der Waals surface area contributed by atoms with Crippen LogP contribution in [0.15, 0.2) is 18.3 Å². The third-order valence-corrected chi connectivity index (χ3v) is 1.96. The summed E-state index contributed by atoms with van der Waals surface area (Å²) in [5.41, 5.74) is 2.39. The first-order valence-corrected chi connectivity index (χ1v) is 4.78. The van der Waals surface area contributed by atoms with Gasteiger partial charge in [0.05, 0.1) is 5.69 Å². The molecule has 72 valence electrons. The van der Waals surface area contributed by atoms with Crippen molar-refractivity contribution in [3.05, 3.63) is 29.6 Å². The van der Waals surface area contributed by atoms with Gasteiger partial charge in [-0.3, -0.25) is 4.98 Å². The summed E-state index contributed by atoms with van der Waals surface area (Å²) in [5, 5.41) is 3.42. The first-order valence-electron chi connectivity index (χ1n) is 4.78. The number of nitrogens with one attached hydrogen (secondary N) is 1. The molecule has 2 nitrogen and oxygen atoms in total. The number of hydrogen-bond donors (Lipinski definition) is 1. The monoisotopic (exact) mass is 178 g/mol. The zero-order valence-electron chi connectivity index (χ0n) is 8.83. The van der Waals surface area contributed by atoms with Crippen molar-refractivity contribution in [1.29, 1.82) is 0 Å². The Balaban J connectivity index is 2.71. The molecule has 0 fully saturated rings. The van der Waals surface area contributed by atoms with Crippen molar-refractivity contribution in [3.63, 3.8) is 0 Å². The smallest absolute Gasteiger partial charge is 0.0573 e. The van der Waals surface area contributed by atoms with Gasteiger partial charge in [0.25, 0.3) is 0 Å². The molecule has 0 bridgehead atoms. The third-order valence-electron chi connectivity index (χ3n) is 1.96. The number of aromatic nitrogens is 1. The lowest BCUT2D eigenvalue weighted by molar-refractivity contribution is 0.497. The van der Waals surface area contributed by atoms with Crippen LogP contribution in [0, 0.1) is 6.92 Å². The predicted octanol–water partition coefficient (Wildman–Crippen LogP) is 2.45. The van der Waals surface area contributed by atoms with Gasteiger partial charge in [0.1, 0.15) is 0 Å². The molecule has 0 amide bonds. The van der Waals surface area contributed by atoms with Crippen molar-refractivity contribution < 1.29 is 0 Å². The fourth-order valence-electron chi connectivity index (χ4n) is 1.38. The highest BCUT2D eigenvalue weighted by molar-refractivity contribution is 5.16. The van der Waals surface area contributed by atoms with E-state index >= 15 is 0 Å². The Kier molecular flexibility index (Phi) is 3.43. The molecule has 0 aromatic carbocycles. The van der Waals surface area contributed by atoms with Crippen molar-refractivity contribution >= 4 is 0 Å². The van der Waals surface area contributed by atoms with Gasteiger partial charge in [0.15, 0.2) is 0 Å². The van der Waals surface area contributed by atoms with Crippen molar-refractivity contribution in [2.75, 3.05) is 0 Å². The summed E-state index contributed by atoms with van der Waals surface area (Å²) < 4.78 is 0. The number of aryl methyl sites for hydroxylation is 1. The fraction of sp³-hybridized carbons (Fsp3) is 0.545. The van der Waals surface area contributed by atoms with Crippen LogP contribution in [0.3, 0.4) is 0 Å². The Labute approximate surface area is 80.4 Å². The van der Waals surface area contributed by atoms with Gasteiger partial charge in [0.2, 0.25) is 0 Å². The van der Waals surface area contributed by atoms with E-state index in [1.54, 1.807) is 0 Å². The quantitative estimate of drug-likeness (QED) is 0.769. The molecule has 0 aliphatic carbocycles. The van der Waals surface area contributed by atoms with Gasteiger partial charge < -0.3 is 5.32 Å². The van der Waals surface area contributed by atoms with E-state index in [2.05, 4.69) is 44.1 Å². The molecule has 1 N–H and O–H groups in total. The zero-order chi connectivity index (χ0) is 9.84. The summed E-state index contributed by atoms with van der Waals surface area (Å²) in [5.74, 6) is 0. The summed E-state index contributed by atoms with van der Waals surface area (Å²) in [6.07, 6.45) is 1.86. The molecule has 0 saturated heterocycles. The Morgan fingerprint density at radius 2 is 2.00 bits per heavy atom. The molecule has 2 heteroatoms. The summed E-state index contributed by atoms with van der Waals surface area (Å²) in [6, 6.07) is 4.98. The molecular formula is C11H18N2. The van der Waals surface area contributed by atoms with Crippen molar-refractivity contribution in [2.45, 2.75) is 39.8 Å². The minimum absolute atomic E-state index is 0.333. The molecule has 0 spiro atoms. The molecule has 1 atom stereocenters. The predicted molar refractivity (Wildman–Crippen MR) is 55.7 cm³/mol. The maximum atomic E-state index is 4.33. The molecule has 1 aromatic rings. The minimum atomic E-state index is 0.333. The Morgan fingerprint density at radius 1 is 1.31 bits per heavy atom. The van der Waals surface area contributed by atoms with Crippen molar-refractivity contribution in [1.82, 2.24) is 10.3 Å². The summed E-state index contributed by atoms with van der Waals surface area (Å²) in [6.45, 7) is 8.52. The van der Waals surface area contributed by atoms with Crippen LogP contribution in [0.4, 0.5) is 0 Å². The van der Waals surface area contributed by atoms with Crippen LogP contribution in [-0.2, 0) is 0 Å². The normalized spacial score (nSPS) is 13.3. The van der Waals surface area contributed by atoms with Crippen LogP contribution < -0.4 is 5.32 Å². The largest absolute Gasteiger partial charge is 0.307 e. The first kappa shape index (κ1) is 10.2. The first-order chi connectivity index (χ1) is 6.09. The highest BCUT2D eigenvalue weighted by atomic mass is 15.0. The summed E-state index contributed by atoms with van der Waals surface area (Å²) in [7, 11) is 0. The highest BCUT2D eigenvalue weighted by Gasteiger charge is 2.06. The molecular weight excluding hydrogens is 160 g/mol. The Bertz CT molecular complexity index is 269. The lowest BCUT2D eigenvalue weighted by atomic mass is 10.1. The molecule has 13 heavy (non-hydrogen) atoms. The average molecular weight is 178 g/mol. The molecule has 0 radical (unpaired) electrons. The van der Waals surface area contributed by atoms with Crippen LogP contribution in [0.1, 0.15) is 38.1 Å². The maximum Gasteiger partial charge on any atom is 0.0573 e. The second kappa shape index (κ2) is 4.38. The molecule has 1 aromatic heterocycles. The Hall–Kier alpha value is -0.890. The standard InChI is InChI=1S/C11H18N2/c1-8(2)13-10(4)11-7-9(3)5-6-12-11/h5-8,10,13H,1-4H3. The number of nitrogens with zero attached hydrogens (tertiary/aromatic N) is 1. The van der Waals surface area contributed by atoms with Crippen LogP contribution in [-0.4, -0.2) is 11.0 Å². The zero-order valence-corrected chi connectivity index (χ0v) is 8.83. The van der Waals surface area contributed by atoms with Crippen LogP contribution in [0.5, 0.6) is 0 Å². The number of rotatable bonds is 3. The van der Waals surface area contributed by atoms with Gasteiger partial charge >= 0.3 is 0 Å². The van der Waals surface area contributed by atoms with E-state index in [9.17, 15) is 0 Å². The van der Waals surface area contributed by atoms with Crippen molar-refractivity contribution in [3.8, 4) is 0 Å². The second-order valence-corrected chi connectivity index (χ2v) is 3.80. The second-order valence-electron chi connectivity index (χ2n) is 3.80. The number of pyridine rings is 1. The van der Waals surface area contributed by atoms with E-state index in [0.29, 0.717) is 12.1 Å². The number of hydrogen-bond acceptors (Lipinski definition) is 2. The van der Waals surface area contributed by atoms with Gasteiger partial charge in [-0.15, -0.1) is 0 Å². The molecule has 1 unspecified atom stereocenters. The van der Waals surface area contributed by atoms with E-state index in [1.165, 1.54) is 5.56 Å². The highest BCUT2D eigenvalue weighted by Crippen LogP contribution is 2.10. The lowest BCUT2D eigenvalue weighted by Gasteiger charge is -2.16. The average Bonchev–Trinajstić information content (AvgIpc) is 2.03. The van der Waals surface area contributed by atoms with E-state index < -0.39 is 0 Å². The lowest BCUT2D eigenvalue weighted by Crippen LogP contribution is -2.26. The van der Waals surface area contributed by atoms with E-state index in [0.717, 1.165) is 5.69 Å². The molecule has 1 rings (SSSR count). The van der Waals surface area contributed by atoms with Gasteiger partial charge in [-0.25, -0.2) is 0 Å². The molecule has 0 saturated carbocycles. The summed E-state index contributed by atoms with van der Waals surface area (Å²) in [4.78, 5) is 4.33.